The summed E-state index contributed by atoms with van der Waals surface area (Å²) in [5.74, 6) is 0.125. The zero-order valence-corrected chi connectivity index (χ0v) is 15.3. The van der Waals surface area contributed by atoms with Crippen molar-refractivity contribution in [2.45, 2.75) is 39.3 Å². The molecule has 23 heavy (non-hydrogen) atoms. The first-order valence-electron chi connectivity index (χ1n) is 6.87. The molecule has 1 aliphatic heterocycles. The molecule has 128 valence electrons. The van der Waals surface area contributed by atoms with Gasteiger partial charge in [-0.25, -0.2) is 9.78 Å². The molecule has 2 N–H and O–H groups in total. The standard InChI is InChI=1S/C15H20N4O2.2ClH/c1-9-12(14(20)21-15(2,3)4)5-10(6-16)13(18-9)19-7-11(17)8-19;;/h5,11H,7-8,17H2,1-4H3;2*1H. The molecule has 0 aliphatic carbocycles. The number of anilines is 1. The summed E-state index contributed by atoms with van der Waals surface area (Å²) in [6.07, 6.45) is 0. The first kappa shape index (κ1) is 21.4. The fourth-order valence-corrected chi connectivity index (χ4v) is 2.14. The lowest BCUT2D eigenvalue weighted by molar-refractivity contribution is 0.00682. The maximum absolute atomic E-state index is 12.2. The summed E-state index contributed by atoms with van der Waals surface area (Å²) < 4.78 is 5.34. The number of esters is 1. The van der Waals surface area contributed by atoms with Crippen LogP contribution in [-0.4, -0.2) is 35.7 Å². The van der Waals surface area contributed by atoms with Crippen LogP contribution in [0.1, 0.15) is 42.4 Å². The van der Waals surface area contributed by atoms with Crippen molar-refractivity contribution in [3.05, 3.63) is 22.9 Å². The Morgan fingerprint density at radius 2 is 2.00 bits per heavy atom. The van der Waals surface area contributed by atoms with Crippen LogP contribution in [0.25, 0.3) is 0 Å². The Kier molecular flexibility index (Phi) is 7.29. The van der Waals surface area contributed by atoms with Gasteiger partial charge in [-0.15, -0.1) is 24.8 Å². The third kappa shape index (κ3) is 4.96. The van der Waals surface area contributed by atoms with E-state index in [1.165, 1.54) is 0 Å². The van der Waals surface area contributed by atoms with Crippen molar-refractivity contribution in [2.24, 2.45) is 5.73 Å². The highest BCUT2D eigenvalue weighted by Gasteiger charge is 2.28. The highest BCUT2D eigenvalue weighted by Crippen LogP contribution is 2.25. The van der Waals surface area contributed by atoms with E-state index >= 15 is 0 Å². The molecule has 8 heteroatoms. The van der Waals surface area contributed by atoms with Crippen LogP contribution in [0.15, 0.2) is 6.07 Å². The van der Waals surface area contributed by atoms with Crippen LogP contribution in [0.2, 0.25) is 0 Å². The van der Waals surface area contributed by atoms with E-state index in [0.717, 1.165) is 0 Å². The molecule has 1 aliphatic rings. The molecular formula is C15H22Cl2N4O2. The molecule has 1 aromatic rings. The minimum absolute atomic E-state index is 0. The smallest absolute Gasteiger partial charge is 0.340 e. The maximum atomic E-state index is 12.2. The zero-order valence-electron chi connectivity index (χ0n) is 13.6. The summed E-state index contributed by atoms with van der Waals surface area (Å²) in [7, 11) is 0. The summed E-state index contributed by atoms with van der Waals surface area (Å²) in [5, 5.41) is 9.28. The van der Waals surface area contributed by atoms with E-state index in [1.807, 2.05) is 4.90 Å². The molecule has 0 spiro atoms. The minimum Gasteiger partial charge on any atom is -0.456 e. The molecule has 1 aromatic heterocycles. The summed E-state index contributed by atoms with van der Waals surface area (Å²) in [6, 6.07) is 3.76. The van der Waals surface area contributed by atoms with E-state index in [1.54, 1.807) is 33.8 Å². The Bertz CT molecular complexity index is 617. The molecule has 0 bridgehead atoms. The molecular weight excluding hydrogens is 339 g/mol. The number of rotatable bonds is 2. The van der Waals surface area contributed by atoms with E-state index in [2.05, 4.69) is 11.1 Å². The number of hydrogen-bond acceptors (Lipinski definition) is 6. The van der Waals surface area contributed by atoms with Crippen LogP contribution in [0.3, 0.4) is 0 Å². The molecule has 0 saturated carbocycles. The number of hydrogen-bond donors (Lipinski definition) is 1. The average molecular weight is 361 g/mol. The third-order valence-corrected chi connectivity index (χ3v) is 3.14. The van der Waals surface area contributed by atoms with Gasteiger partial charge in [0.15, 0.2) is 0 Å². The first-order chi connectivity index (χ1) is 9.71. The van der Waals surface area contributed by atoms with Crippen molar-refractivity contribution >= 4 is 36.6 Å². The fourth-order valence-electron chi connectivity index (χ4n) is 2.14. The van der Waals surface area contributed by atoms with E-state index in [4.69, 9.17) is 10.5 Å². The Morgan fingerprint density at radius 3 is 2.43 bits per heavy atom. The van der Waals surface area contributed by atoms with E-state index < -0.39 is 11.6 Å². The number of nitrogens with zero attached hydrogens (tertiary/aromatic N) is 3. The highest BCUT2D eigenvalue weighted by molar-refractivity contribution is 5.92. The number of aromatic nitrogens is 1. The van der Waals surface area contributed by atoms with Crippen LogP contribution in [0.4, 0.5) is 5.82 Å². The number of pyridine rings is 1. The molecule has 0 amide bonds. The number of halogens is 2. The van der Waals surface area contributed by atoms with Gasteiger partial charge in [-0.05, 0) is 33.8 Å². The van der Waals surface area contributed by atoms with Gasteiger partial charge in [0.2, 0.25) is 0 Å². The predicted octanol–water partition coefficient (Wildman–Crippen LogP) is 2.21. The third-order valence-electron chi connectivity index (χ3n) is 3.14. The summed E-state index contributed by atoms with van der Waals surface area (Å²) in [5.41, 5.74) is 6.42. The second-order valence-corrected chi connectivity index (χ2v) is 6.27. The summed E-state index contributed by atoms with van der Waals surface area (Å²) in [4.78, 5) is 18.5. The molecule has 0 unspecified atom stereocenters. The molecule has 1 fully saturated rings. The van der Waals surface area contributed by atoms with Crippen molar-refractivity contribution in [3.8, 4) is 6.07 Å². The Labute approximate surface area is 148 Å². The molecule has 6 nitrogen and oxygen atoms in total. The normalized spacial score (nSPS) is 14.0. The van der Waals surface area contributed by atoms with Gasteiger partial charge < -0.3 is 15.4 Å². The molecule has 2 rings (SSSR count). The number of nitrogens with two attached hydrogens (primary N) is 1. The lowest BCUT2D eigenvalue weighted by Gasteiger charge is -2.38. The zero-order chi connectivity index (χ0) is 15.8. The van der Waals surface area contributed by atoms with Gasteiger partial charge in [0.05, 0.1) is 16.8 Å². The van der Waals surface area contributed by atoms with Gasteiger partial charge in [0, 0.05) is 19.1 Å². The Hall–Kier alpha value is -1.55. The van der Waals surface area contributed by atoms with E-state index in [9.17, 15) is 10.1 Å². The number of aryl methyl sites for hydroxylation is 1. The summed E-state index contributed by atoms with van der Waals surface area (Å²) in [6.45, 7) is 8.49. The van der Waals surface area contributed by atoms with Crippen LogP contribution in [0.5, 0.6) is 0 Å². The molecule has 0 aromatic carbocycles. The van der Waals surface area contributed by atoms with Crippen molar-refractivity contribution in [2.75, 3.05) is 18.0 Å². The average Bonchev–Trinajstić information content (AvgIpc) is 2.32. The highest BCUT2D eigenvalue weighted by atomic mass is 35.5. The minimum atomic E-state index is -0.584. The number of nitriles is 1. The fraction of sp³-hybridized carbons (Fsp3) is 0.533. The predicted molar refractivity (Wildman–Crippen MR) is 93.5 cm³/mol. The Morgan fingerprint density at radius 1 is 1.43 bits per heavy atom. The summed E-state index contributed by atoms with van der Waals surface area (Å²) >= 11 is 0. The largest absolute Gasteiger partial charge is 0.456 e. The number of ether oxygens (including phenoxy) is 1. The molecule has 1 saturated heterocycles. The van der Waals surface area contributed by atoms with E-state index in [0.29, 0.717) is 35.7 Å². The lowest BCUT2D eigenvalue weighted by atomic mass is 10.1. The van der Waals surface area contributed by atoms with Gasteiger partial charge >= 0.3 is 5.97 Å². The van der Waals surface area contributed by atoms with Gasteiger partial charge in [-0.3, -0.25) is 0 Å². The van der Waals surface area contributed by atoms with Crippen molar-refractivity contribution in [3.63, 3.8) is 0 Å². The van der Waals surface area contributed by atoms with Gasteiger partial charge in [0.25, 0.3) is 0 Å². The second kappa shape index (κ2) is 7.82. The van der Waals surface area contributed by atoms with Crippen LogP contribution in [-0.2, 0) is 4.74 Å². The van der Waals surface area contributed by atoms with Crippen molar-refractivity contribution in [1.29, 1.82) is 5.26 Å². The molecule has 2 heterocycles. The van der Waals surface area contributed by atoms with Crippen LogP contribution >= 0.6 is 24.8 Å². The molecule has 0 atom stereocenters. The van der Waals surface area contributed by atoms with Gasteiger partial charge in [-0.2, -0.15) is 5.26 Å². The molecule has 0 radical (unpaired) electrons. The lowest BCUT2D eigenvalue weighted by Crippen LogP contribution is -2.56. The van der Waals surface area contributed by atoms with E-state index in [-0.39, 0.29) is 30.9 Å². The quantitative estimate of drug-likeness (QED) is 0.812. The number of carbonyl (C=O) groups excluding carboxylic acids is 1. The Balaban J connectivity index is 0.00000242. The van der Waals surface area contributed by atoms with Gasteiger partial charge in [-0.1, -0.05) is 0 Å². The first-order valence-corrected chi connectivity index (χ1v) is 6.87. The topological polar surface area (TPSA) is 92.2 Å². The van der Waals surface area contributed by atoms with Crippen molar-refractivity contribution < 1.29 is 9.53 Å². The maximum Gasteiger partial charge on any atom is 0.340 e. The number of carbonyl (C=O) groups is 1. The van der Waals surface area contributed by atoms with Crippen LogP contribution in [0, 0.1) is 18.3 Å². The van der Waals surface area contributed by atoms with Crippen molar-refractivity contribution in [1.82, 2.24) is 4.98 Å². The van der Waals surface area contributed by atoms with Gasteiger partial charge in [0.1, 0.15) is 17.5 Å². The van der Waals surface area contributed by atoms with Crippen LogP contribution < -0.4 is 10.6 Å². The SMILES string of the molecule is Cc1nc(N2CC(N)C2)c(C#N)cc1C(=O)OC(C)(C)C.Cl.Cl. The second-order valence-electron chi connectivity index (χ2n) is 6.27. The monoisotopic (exact) mass is 360 g/mol.